The second-order valence-corrected chi connectivity index (χ2v) is 6.47. The molecule has 0 atom stereocenters. The summed E-state index contributed by atoms with van der Waals surface area (Å²) in [5.41, 5.74) is 1.05. The lowest BCUT2D eigenvalue weighted by molar-refractivity contribution is 0.602. The van der Waals surface area contributed by atoms with E-state index in [9.17, 15) is 13.2 Å². The summed E-state index contributed by atoms with van der Waals surface area (Å²) >= 11 is 0. The quantitative estimate of drug-likeness (QED) is 0.597. The molecule has 3 rings (SSSR count). The third-order valence-corrected chi connectivity index (χ3v) is 4.04. The highest BCUT2D eigenvalue weighted by atomic mass is 32.2. The molecule has 0 aliphatic heterocycles. The van der Waals surface area contributed by atoms with Crippen LogP contribution in [-0.4, -0.2) is 34.4 Å². The van der Waals surface area contributed by atoms with Crippen LogP contribution >= 0.6 is 0 Å². The maximum absolute atomic E-state index is 11.8. The van der Waals surface area contributed by atoms with E-state index in [0.29, 0.717) is 16.7 Å². The summed E-state index contributed by atoms with van der Waals surface area (Å²) in [6, 6.07) is 4.44. The van der Waals surface area contributed by atoms with Gasteiger partial charge in [-0.1, -0.05) is 0 Å². The Morgan fingerprint density at radius 3 is 2.60 bits per heavy atom. The molecule has 0 fully saturated rings. The highest BCUT2D eigenvalue weighted by Crippen LogP contribution is 2.17. The third-order valence-electron chi connectivity index (χ3n) is 2.93. The maximum atomic E-state index is 11.8. The van der Waals surface area contributed by atoms with Crippen molar-refractivity contribution in [2.24, 2.45) is 7.05 Å². The van der Waals surface area contributed by atoms with E-state index in [-0.39, 0.29) is 15.8 Å². The Balaban J connectivity index is 2.46. The van der Waals surface area contributed by atoms with Gasteiger partial charge in [0.15, 0.2) is 21.0 Å². The normalized spacial score (nSPS) is 12.1. The van der Waals surface area contributed by atoms with Gasteiger partial charge in [-0.25, -0.2) is 23.1 Å². The average molecular weight is 290 g/mol. The van der Waals surface area contributed by atoms with Crippen LogP contribution in [0.15, 0.2) is 34.1 Å². The Labute approximate surface area is 113 Å². The molecule has 0 aliphatic rings. The Kier molecular flexibility index (Phi) is 2.58. The lowest BCUT2D eigenvalue weighted by atomic mass is 10.3. The van der Waals surface area contributed by atoms with Crippen molar-refractivity contribution >= 4 is 32.0 Å². The topological polar surface area (TPSA) is 94.8 Å². The largest absolute Gasteiger partial charge is 0.286 e. The summed E-state index contributed by atoms with van der Waals surface area (Å²) in [7, 11) is -1.67. The van der Waals surface area contributed by atoms with Gasteiger partial charge in [-0.2, -0.15) is 5.10 Å². The van der Waals surface area contributed by atoms with E-state index in [4.69, 9.17) is 0 Å². The molecule has 7 nitrogen and oxygen atoms in total. The van der Waals surface area contributed by atoms with E-state index >= 15 is 0 Å². The third kappa shape index (κ3) is 1.94. The van der Waals surface area contributed by atoms with Crippen LogP contribution in [0.1, 0.15) is 0 Å². The first-order valence-corrected chi connectivity index (χ1v) is 7.59. The molecule has 0 aliphatic carbocycles. The van der Waals surface area contributed by atoms with Crippen LogP contribution in [0.5, 0.6) is 0 Å². The van der Waals surface area contributed by atoms with Crippen molar-refractivity contribution in [3.05, 3.63) is 34.6 Å². The van der Waals surface area contributed by atoms with Crippen molar-refractivity contribution in [1.29, 1.82) is 0 Å². The van der Waals surface area contributed by atoms with Gasteiger partial charge in [-0.15, -0.1) is 0 Å². The molecule has 0 spiro atoms. The molecule has 2 heterocycles. The molecule has 0 radical (unpaired) electrons. The van der Waals surface area contributed by atoms with Crippen molar-refractivity contribution < 1.29 is 8.42 Å². The minimum atomic E-state index is -3.33. The summed E-state index contributed by atoms with van der Waals surface area (Å²) in [6.45, 7) is 0. The van der Waals surface area contributed by atoms with Crippen LogP contribution in [0.2, 0.25) is 0 Å². The Morgan fingerprint density at radius 1 is 1.15 bits per heavy atom. The predicted molar refractivity (Wildman–Crippen MR) is 73.2 cm³/mol. The van der Waals surface area contributed by atoms with Gasteiger partial charge in [0, 0.05) is 13.3 Å². The van der Waals surface area contributed by atoms with Gasteiger partial charge in [0.05, 0.1) is 22.1 Å². The number of fused-ring (bicyclic) bond motifs is 2. The van der Waals surface area contributed by atoms with Crippen LogP contribution < -0.4 is 5.43 Å². The Bertz CT molecular complexity index is 1010. The predicted octanol–water partition coefficient (Wildman–Crippen LogP) is 0.280. The van der Waals surface area contributed by atoms with E-state index < -0.39 is 9.84 Å². The van der Waals surface area contributed by atoms with Crippen LogP contribution in [0.25, 0.3) is 22.2 Å². The zero-order valence-electron chi connectivity index (χ0n) is 10.7. The number of aromatic nitrogens is 4. The lowest BCUT2D eigenvalue weighted by Crippen LogP contribution is -2.12. The fourth-order valence-electron chi connectivity index (χ4n) is 1.90. The Hall–Kier alpha value is -2.35. The monoisotopic (exact) mass is 290 g/mol. The van der Waals surface area contributed by atoms with Gasteiger partial charge in [-0.3, -0.25) is 4.79 Å². The summed E-state index contributed by atoms with van der Waals surface area (Å²) in [6.07, 6.45) is 2.27. The van der Waals surface area contributed by atoms with Crippen LogP contribution in [0, 0.1) is 0 Å². The highest BCUT2D eigenvalue weighted by Gasteiger charge is 2.11. The number of nitrogens with zero attached hydrogens (tertiary/aromatic N) is 4. The SMILES string of the molecule is Cn1ncc(=O)c2nc3cc(S(C)(=O)=O)ccc3nc21. The zero-order chi connectivity index (χ0) is 14.5. The lowest BCUT2D eigenvalue weighted by Gasteiger charge is -2.05. The van der Waals surface area contributed by atoms with E-state index in [2.05, 4.69) is 15.1 Å². The first-order valence-electron chi connectivity index (χ1n) is 5.70. The second-order valence-electron chi connectivity index (χ2n) is 4.45. The van der Waals surface area contributed by atoms with E-state index in [1.54, 1.807) is 13.1 Å². The van der Waals surface area contributed by atoms with Crippen molar-refractivity contribution in [2.75, 3.05) is 6.26 Å². The van der Waals surface area contributed by atoms with Gasteiger partial charge in [0.25, 0.3) is 0 Å². The molecule has 3 aromatic rings. The number of benzene rings is 1. The zero-order valence-corrected chi connectivity index (χ0v) is 11.5. The molecular formula is C12H10N4O3S. The second kappa shape index (κ2) is 4.07. The molecule has 1 aromatic carbocycles. The molecule has 20 heavy (non-hydrogen) atoms. The molecule has 102 valence electrons. The summed E-state index contributed by atoms with van der Waals surface area (Å²) in [5, 5.41) is 3.88. The van der Waals surface area contributed by atoms with Gasteiger partial charge < -0.3 is 0 Å². The molecule has 0 unspecified atom stereocenters. The smallest absolute Gasteiger partial charge is 0.228 e. The van der Waals surface area contributed by atoms with Crippen LogP contribution in [0.4, 0.5) is 0 Å². The van der Waals surface area contributed by atoms with Gasteiger partial charge >= 0.3 is 0 Å². The number of rotatable bonds is 1. The molecular weight excluding hydrogens is 280 g/mol. The van der Waals surface area contributed by atoms with E-state index in [1.165, 1.54) is 16.8 Å². The van der Waals surface area contributed by atoms with Crippen molar-refractivity contribution in [2.45, 2.75) is 4.90 Å². The summed E-state index contributed by atoms with van der Waals surface area (Å²) in [4.78, 5) is 20.4. The van der Waals surface area contributed by atoms with E-state index in [0.717, 1.165) is 12.5 Å². The minimum Gasteiger partial charge on any atom is -0.286 e. The standard InChI is InChI=1S/C12H10N4O3S/c1-16-12-11(10(17)6-13-16)14-9-5-7(20(2,18)19)3-4-8(9)15-12/h3-6H,1-2H3. The number of aryl methyl sites for hydroxylation is 1. The first-order chi connectivity index (χ1) is 9.36. The van der Waals surface area contributed by atoms with Crippen LogP contribution in [-0.2, 0) is 16.9 Å². The molecule has 2 aromatic heterocycles. The van der Waals surface area contributed by atoms with Gasteiger partial charge in [0.1, 0.15) is 0 Å². The molecule has 8 heteroatoms. The van der Waals surface area contributed by atoms with Crippen LogP contribution in [0.3, 0.4) is 0 Å². The number of hydrogen-bond acceptors (Lipinski definition) is 6. The summed E-state index contributed by atoms with van der Waals surface area (Å²) < 4.78 is 24.5. The maximum Gasteiger partial charge on any atom is 0.228 e. The van der Waals surface area contributed by atoms with Crippen molar-refractivity contribution in [1.82, 2.24) is 19.7 Å². The van der Waals surface area contributed by atoms with E-state index in [1.807, 2.05) is 0 Å². The molecule has 0 N–H and O–H groups in total. The fraction of sp³-hybridized carbons (Fsp3) is 0.167. The molecule has 0 amide bonds. The first kappa shape index (κ1) is 12.7. The Morgan fingerprint density at radius 2 is 1.90 bits per heavy atom. The minimum absolute atomic E-state index is 0.143. The van der Waals surface area contributed by atoms with Crippen molar-refractivity contribution in [3.63, 3.8) is 0 Å². The molecule has 0 saturated carbocycles. The average Bonchev–Trinajstić information content (AvgIpc) is 2.40. The van der Waals surface area contributed by atoms with Gasteiger partial charge in [0.2, 0.25) is 5.43 Å². The summed E-state index contributed by atoms with van der Waals surface area (Å²) in [5.74, 6) is 0. The molecule has 0 bridgehead atoms. The highest BCUT2D eigenvalue weighted by molar-refractivity contribution is 7.90. The fourth-order valence-corrected chi connectivity index (χ4v) is 2.54. The molecule has 0 saturated heterocycles. The van der Waals surface area contributed by atoms with Gasteiger partial charge in [-0.05, 0) is 18.2 Å². The van der Waals surface area contributed by atoms with Crippen molar-refractivity contribution in [3.8, 4) is 0 Å². The number of sulfone groups is 1. The number of hydrogen-bond donors (Lipinski definition) is 0.